The van der Waals surface area contributed by atoms with Gasteiger partial charge >= 0.3 is 0 Å². The molecule has 4 aromatic rings. The first kappa shape index (κ1) is 21.1. The minimum atomic E-state index is -2.04. The van der Waals surface area contributed by atoms with Crippen molar-refractivity contribution in [2.24, 2.45) is 0 Å². The summed E-state index contributed by atoms with van der Waals surface area (Å²) in [6, 6.07) is 21.8. The van der Waals surface area contributed by atoms with Gasteiger partial charge in [-0.15, -0.1) is 21.2 Å². The predicted molar refractivity (Wildman–Crippen MR) is 139 cm³/mol. The number of hydrogen-bond acceptors (Lipinski definition) is 2. The zero-order valence-electron chi connectivity index (χ0n) is 16.4. The monoisotopic (exact) mass is 470 g/mol. The van der Waals surface area contributed by atoms with E-state index in [0.29, 0.717) is 10.0 Å². The molecule has 1 aromatic heterocycles. The lowest BCUT2D eigenvalue weighted by Crippen LogP contribution is -2.00. The summed E-state index contributed by atoms with van der Waals surface area (Å²) in [6.45, 7) is 0. The van der Waals surface area contributed by atoms with E-state index in [9.17, 15) is 0 Å². The van der Waals surface area contributed by atoms with Crippen LogP contribution in [0.5, 0.6) is 0 Å². The number of aromatic nitrogens is 2. The first-order chi connectivity index (χ1) is 14.4. The lowest BCUT2D eigenvalue weighted by molar-refractivity contribution is 1.21. The maximum Gasteiger partial charge on any atom is 0.143 e. The Morgan fingerprint density at radius 1 is 0.967 bits per heavy atom. The Hall–Kier alpha value is -2.11. The van der Waals surface area contributed by atoms with Gasteiger partial charge in [-0.25, -0.2) is 4.98 Å². The number of rotatable bonds is 5. The number of hydrogen-bond donors (Lipinski definition) is 0. The summed E-state index contributed by atoms with van der Waals surface area (Å²) in [6.07, 6.45) is 6.13. The molecule has 0 saturated heterocycles. The minimum Gasteiger partial charge on any atom is -0.275 e. The zero-order valence-corrected chi connectivity index (χ0v) is 19.5. The Morgan fingerprint density at radius 2 is 1.70 bits per heavy atom. The standard InChI is InChI=1S/C24H20Cl2N2S2/c1-29-19-12-8-17(9-13-19)10-15-24-27-21-6-4-5-7-22(21)28(24)30(2,3)23-16-18(25)11-14-20(23)26/h4-16H,2-3H2,1H3/b15-10+. The molecule has 0 unspecified atom stereocenters. The van der Waals surface area contributed by atoms with Gasteiger partial charge < -0.3 is 0 Å². The molecule has 0 aliphatic carbocycles. The fraction of sp³-hybridized carbons (Fsp3) is 0.0417. The Kier molecular flexibility index (Phi) is 6.03. The van der Waals surface area contributed by atoms with Crippen molar-refractivity contribution in [3.05, 3.63) is 88.2 Å². The van der Waals surface area contributed by atoms with E-state index in [4.69, 9.17) is 28.2 Å². The molecule has 0 atom stereocenters. The summed E-state index contributed by atoms with van der Waals surface area (Å²) in [5.74, 6) is 9.76. The first-order valence-electron chi connectivity index (χ1n) is 9.15. The van der Waals surface area contributed by atoms with Gasteiger partial charge in [0.15, 0.2) is 0 Å². The van der Waals surface area contributed by atoms with Gasteiger partial charge in [0.25, 0.3) is 0 Å². The normalized spacial score (nSPS) is 12.1. The molecule has 1 heterocycles. The third kappa shape index (κ3) is 4.06. The van der Waals surface area contributed by atoms with E-state index in [2.05, 4.69) is 52.3 Å². The maximum absolute atomic E-state index is 6.53. The van der Waals surface area contributed by atoms with Crippen LogP contribution in [0.4, 0.5) is 0 Å². The molecule has 0 aliphatic heterocycles. The Morgan fingerprint density at radius 3 is 2.43 bits per heavy atom. The second-order valence-electron chi connectivity index (χ2n) is 6.78. The van der Waals surface area contributed by atoms with Crippen molar-refractivity contribution in [3.63, 3.8) is 0 Å². The van der Waals surface area contributed by atoms with Crippen LogP contribution in [0.3, 0.4) is 0 Å². The molecule has 0 radical (unpaired) electrons. The minimum absolute atomic E-state index is 0.597. The van der Waals surface area contributed by atoms with E-state index in [1.54, 1.807) is 23.9 Å². The maximum atomic E-state index is 6.53. The van der Waals surface area contributed by atoms with Gasteiger partial charge in [0, 0.05) is 14.8 Å². The van der Waals surface area contributed by atoms with Gasteiger partial charge in [0.05, 0.1) is 16.1 Å². The Bertz CT molecular complexity index is 1350. The third-order valence-corrected chi connectivity index (χ3v) is 8.40. The molecule has 0 saturated carbocycles. The van der Waals surface area contributed by atoms with Gasteiger partial charge in [-0.3, -0.25) is 3.97 Å². The molecule has 0 bridgehead atoms. The van der Waals surface area contributed by atoms with Crippen LogP contribution >= 0.6 is 44.4 Å². The molecule has 3 aromatic carbocycles. The van der Waals surface area contributed by atoms with Crippen LogP contribution in [0.2, 0.25) is 10.0 Å². The second kappa shape index (κ2) is 8.56. The van der Waals surface area contributed by atoms with Gasteiger partial charge in [0.2, 0.25) is 0 Å². The van der Waals surface area contributed by atoms with E-state index in [1.165, 1.54) is 4.90 Å². The van der Waals surface area contributed by atoms with E-state index in [-0.39, 0.29) is 0 Å². The highest BCUT2D eigenvalue weighted by atomic mass is 35.5. The number of imidazole rings is 1. The van der Waals surface area contributed by atoms with Crippen molar-refractivity contribution in [2.45, 2.75) is 9.79 Å². The van der Waals surface area contributed by atoms with Crippen LogP contribution in [0, 0.1) is 0 Å². The lowest BCUT2D eigenvalue weighted by Gasteiger charge is -2.21. The Balaban J connectivity index is 1.88. The topological polar surface area (TPSA) is 17.8 Å². The van der Waals surface area contributed by atoms with Crippen LogP contribution in [-0.2, 0) is 0 Å². The fourth-order valence-corrected chi connectivity index (χ4v) is 6.41. The quantitative estimate of drug-likeness (QED) is 0.219. The SMILES string of the molecule is C=S(=C)(c1cc(Cl)ccc1Cl)n1c(/C=C/c2ccc(SC)cc2)nc2ccccc21. The molecule has 152 valence electrons. The van der Waals surface area contributed by atoms with E-state index in [1.807, 2.05) is 36.4 Å². The molecule has 0 fully saturated rings. The van der Waals surface area contributed by atoms with Gasteiger partial charge in [-0.1, -0.05) is 65.3 Å². The molecule has 30 heavy (non-hydrogen) atoms. The lowest BCUT2D eigenvalue weighted by atomic mass is 10.2. The van der Waals surface area contributed by atoms with E-state index < -0.39 is 9.39 Å². The molecule has 4 rings (SSSR count). The smallest absolute Gasteiger partial charge is 0.143 e. The van der Waals surface area contributed by atoms with Gasteiger partial charge in [0.1, 0.15) is 5.82 Å². The summed E-state index contributed by atoms with van der Waals surface area (Å²) in [4.78, 5) is 6.89. The summed E-state index contributed by atoms with van der Waals surface area (Å²) in [7, 11) is -2.04. The summed E-state index contributed by atoms with van der Waals surface area (Å²) >= 11 is 14.5. The highest BCUT2D eigenvalue weighted by Gasteiger charge is 2.16. The molecular formula is C24H20Cl2N2S2. The molecule has 2 nitrogen and oxygen atoms in total. The predicted octanol–water partition coefficient (Wildman–Crippen LogP) is 7.73. The highest BCUT2D eigenvalue weighted by Crippen LogP contribution is 2.43. The van der Waals surface area contributed by atoms with Crippen LogP contribution in [-0.4, -0.2) is 27.0 Å². The summed E-state index contributed by atoms with van der Waals surface area (Å²) in [5, 5.41) is 1.20. The van der Waals surface area contributed by atoms with Crippen LogP contribution in [0.15, 0.2) is 76.5 Å². The zero-order chi connectivity index (χ0) is 21.3. The molecule has 0 N–H and O–H groups in total. The third-order valence-electron chi connectivity index (χ3n) is 4.74. The second-order valence-corrected chi connectivity index (χ2v) is 11.0. The van der Waals surface area contributed by atoms with Crippen LogP contribution < -0.4 is 0 Å². The average molecular weight is 471 g/mol. The number of benzene rings is 3. The number of halogens is 2. The summed E-state index contributed by atoms with van der Waals surface area (Å²) in [5.41, 5.74) is 2.95. The fourth-order valence-electron chi connectivity index (χ4n) is 3.25. The van der Waals surface area contributed by atoms with Crippen molar-refractivity contribution in [1.82, 2.24) is 8.96 Å². The largest absolute Gasteiger partial charge is 0.275 e. The Labute approximate surface area is 191 Å². The molecular weight excluding hydrogens is 451 g/mol. The van der Waals surface area contributed by atoms with E-state index >= 15 is 0 Å². The van der Waals surface area contributed by atoms with E-state index in [0.717, 1.165) is 27.3 Å². The van der Waals surface area contributed by atoms with Crippen LogP contribution in [0.25, 0.3) is 23.2 Å². The number of fused-ring (bicyclic) bond motifs is 1. The molecule has 6 heteroatoms. The van der Waals surface area contributed by atoms with Crippen molar-refractivity contribution in [2.75, 3.05) is 6.26 Å². The average Bonchev–Trinajstić information content (AvgIpc) is 3.13. The van der Waals surface area contributed by atoms with Crippen molar-refractivity contribution < 1.29 is 0 Å². The molecule has 0 amide bonds. The van der Waals surface area contributed by atoms with Crippen molar-refractivity contribution in [1.29, 1.82) is 0 Å². The van der Waals surface area contributed by atoms with Crippen molar-refractivity contribution in [3.8, 4) is 0 Å². The first-order valence-corrected chi connectivity index (χ1v) is 13.1. The number of thioether (sulfide) groups is 1. The highest BCUT2D eigenvalue weighted by molar-refractivity contribution is 8.26. The molecule has 0 spiro atoms. The molecule has 0 aliphatic rings. The van der Waals surface area contributed by atoms with Crippen LogP contribution in [0.1, 0.15) is 11.4 Å². The van der Waals surface area contributed by atoms with Crippen molar-refractivity contribution >= 4 is 79.3 Å². The number of para-hydroxylation sites is 2. The van der Waals surface area contributed by atoms with Gasteiger partial charge in [-0.05, 0) is 60.4 Å². The summed E-state index contributed by atoms with van der Waals surface area (Å²) < 4.78 is 2.09. The van der Waals surface area contributed by atoms with Gasteiger partial charge in [-0.2, -0.15) is 0 Å². The number of nitrogens with zero attached hydrogens (tertiary/aromatic N) is 2.